The summed E-state index contributed by atoms with van der Waals surface area (Å²) in [7, 11) is 0. The second-order valence-corrected chi connectivity index (χ2v) is 10.1. The maximum Gasteiger partial charge on any atom is -0.00923 e. The van der Waals surface area contributed by atoms with Crippen molar-refractivity contribution in [1.82, 2.24) is 0 Å². The van der Waals surface area contributed by atoms with E-state index in [1.807, 2.05) is 6.08 Å². The van der Waals surface area contributed by atoms with E-state index in [0.717, 1.165) is 5.56 Å². The molecule has 0 nitrogen and oxygen atoms in total. The normalized spacial score (nSPS) is 11.7. The van der Waals surface area contributed by atoms with Crippen LogP contribution in [0.5, 0.6) is 0 Å². The summed E-state index contributed by atoms with van der Waals surface area (Å²) in [5, 5.41) is 10.2. The van der Waals surface area contributed by atoms with Crippen molar-refractivity contribution < 1.29 is 0 Å². The topological polar surface area (TPSA) is 0 Å². The predicted octanol–water partition coefficient (Wildman–Crippen LogP) is 11.3. The lowest BCUT2D eigenvalue weighted by molar-refractivity contribution is 1.59. The van der Waals surface area contributed by atoms with Crippen LogP contribution < -0.4 is 0 Å². The molecule has 0 aliphatic carbocycles. The van der Waals surface area contributed by atoms with Crippen molar-refractivity contribution >= 4 is 55.2 Å². The Morgan fingerprint density at radius 1 is 0.462 bits per heavy atom. The molecule has 0 saturated carbocycles. The molecule has 0 saturated heterocycles. The van der Waals surface area contributed by atoms with Crippen molar-refractivity contribution in [3.8, 4) is 22.3 Å². The third-order valence-corrected chi connectivity index (χ3v) is 7.93. The molecular formula is C39H28. The van der Waals surface area contributed by atoms with E-state index in [-0.39, 0.29) is 0 Å². The summed E-state index contributed by atoms with van der Waals surface area (Å²) in [4.78, 5) is 0. The van der Waals surface area contributed by atoms with Gasteiger partial charge in [-0.15, -0.1) is 0 Å². The van der Waals surface area contributed by atoms with Gasteiger partial charge in [-0.1, -0.05) is 128 Å². The molecule has 0 N–H and O–H groups in total. The van der Waals surface area contributed by atoms with E-state index in [1.165, 1.54) is 70.9 Å². The van der Waals surface area contributed by atoms with Crippen LogP contribution >= 0.6 is 0 Å². The molecule has 0 aliphatic heterocycles. The Kier molecular flexibility index (Phi) is 5.60. The zero-order valence-corrected chi connectivity index (χ0v) is 22.0. The minimum atomic E-state index is 1.15. The molecule has 0 heteroatoms. The Balaban J connectivity index is 1.60. The van der Waals surface area contributed by atoms with Gasteiger partial charge in [0.25, 0.3) is 0 Å². The first-order valence-corrected chi connectivity index (χ1v) is 13.5. The van der Waals surface area contributed by atoms with Crippen molar-refractivity contribution in [1.29, 1.82) is 0 Å². The number of hydrogen-bond donors (Lipinski definition) is 0. The maximum atomic E-state index is 4.02. The van der Waals surface area contributed by atoms with Gasteiger partial charge in [-0.25, -0.2) is 0 Å². The van der Waals surface area contributed by atoms with Crippen molar-refractivity contribution in [2.45, 2.75) is 6.92 Å². The SMILES string of the molecule is C=Cc1ccc(-c2cc3c4ccccc4c(-c4cccc5ccccc45)cc3c3ccccc23)cc1/C=C\C. The first-order chi connectivity index (χ1) is 19.3. The highest BCUT2D eigenvalue weighted by atomic mass is 14.2. The highest BCUT2D eigenvalue weighted by Gasteiger charge is 2.15. The van der Waals surface area contributed by atoms with E-state index in [1.54, 1.807) is 0 Å². The number of fused-ring (bicyclic) bond motifs is 6. The number of benzene rings is 7. The Labute approximate surface area is 229 Å². The smallest absolute Gasteiger partial charge is 0.00923 e. The van der Waals surface area contributed by atoms with E-state index in [9.17, 15) is 0 Å². The van der Waals surface area contributed by atoms with Crippen LogP contribution in [-0.2, 0) is 0 Å². The monoisotopic (exact) mass is 496 g/mol. The van der Waals surface area contributed by atoms with Crippen molar-refractivity contribution in [3.05, 3.63) is 145 Å². The first-order valence-electron chi connectivity index (χ1n) is 13.5. The molecule has 7 aromatic rings. The van der Waals surface area contributed by atoms with Gasteiger partial charge in [-0.05, 0) is 102 Å². The van der Waals surface area contributed by atoms with E-state index in [0.29, 0.717) is 0 Å². The standard InChI is InChI=1S/C39H28/c1-3-12-28-23-29(22-21-26(28)4-2)36-24-38-35-19-10-9-18-34(35)37(25-39(38)33-17-8-7-16-32(33)36)31-20-11-14-27-13-5-6-15-30(27)31/h3-25H,2H2,1H3/b12-3-. The predicted molar refractivity (Wildman–Crippen MR) is 172 cm³/mol. The van der Waals surface area contributed by atoms with Crippen molar-refractivity contribution in [3.63, 3.8) is 0 Å². The molecule has 0 heterocycles. The summed E-state index contributed by atoms with van der Waals surface area (Å²) in [5.74, 6) is 0. The zero-order chi connectivity index (χ0) is 26.3. The van der Waals surface area contributed by atoms with Gasteiger partial charge in [0.15, 0.2) is 0 Å². The molecular weight excluding hydrogens is 468 g/mol. The summed E-state index contributed by atoms with van der Waals surface area (Å²) in [6.45, 7) is 6.08. The van der Waals surface area contributed by atoms with Gasteiger partial charge in [0.05, 0.1) is 0 Å². The molecule has 0 bridgehead atoms. The molecule has 7 rings (SSSR count). The minimum Gasteiger partial charge on any atom is -0.0984 e. The Hall–Kier alpha value is -4.94. The second kappa shape index (κ2) is 9.42. The Morgan fingerprint density at radius 2 is 1.05 bits per heavy atom. The first kappa shape index (κ1) is 23.2. The molecule has 0 aliphatic rings. The molecule has 184 valence electrons. The third-order valence-electron chi connectivity index (χ3n) is 7.93. The molecule has 7 aromatic carbocycles. The van der Waals surface area contributed by atoms with Gasteiger partial charge < -0.3 is 0 Å². The van der Waals surface area contributed by atoms with Crippen LogP contribution in [0.2, 0.25) is 0 Å². The second-order valence-electron chi connectivity index (χ2n) is 10.1. The van der Waals surface area contributed by atoms with Crippen LogP contribution in [0.1, 0.15) is 18.1 Å². The fourth-order valence-electron chi connectivity index (χ4n) is 6.13. The van der Waals surface area contributed by atoms with Crippen LogP contribution in [0.15, 0.2) is 134 Å². The molecule has 0 amide bonds. The van der Waals surface area contributed by atoms with Gasteiger partial charge in [0.1, 0.15) is 0 Å². The molecule has 0 fully saturated rings. The molecule has 0 unspecified atom stereocenters. The lowest BCUT2D eigenvalue weighted by Crippen LogP contribution is -1.90. The van der Waals surface area contributed by atoms with Gasteiger partial charge in [-0.2, -0.15) is 0 Å². The van der Waals surface area contributed by atoms with Crippen molar-refractivity contribution in [2.75, 3.05) is 0 Å². The van der Waals surface area contributed by atoms with Crippen LogP contribution in [0.4, 0.5) is 0 Å². The summed E-state index contributed by atoms with van der Waals surface area (Å²) in [5.41, 5.74) is 7.35. The number of allylic oxidation sites excluding steroid dienone is 1. The summed E-state index contributed by atoms with van der Waals surface area (Å²) in [6, 6.07) is 44.5. The molecule has 39 heavy (non-hydrogen) atoms. The molecule has 0 spiro atoms. The van der Waals surface area contributed by atoms with Crippen LogP contribution in [0, 0.1) is 0 Å². The van der Waals surface area contributed by atoms with E-state index < -0.39 is 0 Å². The van der Waals surface area contributed by atoms with Crippen LogP contribution in [0.3, 0.4) is 0 Å². The molecule has 0 aromatic heterocycles. The number of hydrogen-bond acceptors (Lipinski definition) is 0. The summed E-state index contributed by atoms with van der Waals surface area (Å²) < 4.78 is 0. The summed E-state index contributed by atoms with van der Waals surface area (Å²) >= 11 is 0. The number of rotatable bonds is 4. The van der Waals surface area contributed by atoms with E-state index in [2.05, 4.69) is 147 Å². The fraction of sp³-hybridized carbons (Fsp3) is 0.0256. The van der Waals surface area contributed by atoms with Gasteiger partial charge in [0.2, 0.25) is 0 Å². The van der Waals surface area contributed by atoms with Gasteiger partial charge >= 0.3 is 0 Å². The lowest BCUT2D eigenvalue weighted by Gasteiger charge is -2.17. The molecule has 0 atom stereocenters. The van der Waals surface area contributed by atoms with Crippen molar-refractivity contribution in [2.24, 2.45) is 0 Å². The van der Waals surface area contributed by atoms with E-state index >= 15 is 0 Å². The highest BCUT2D eigenvalue weighted by molar-refractivity contribution is 6.24. The quantitative estimate of drug-likeness (QED) is 0.213. The highest BCUT2D eigenvalue weighted by Crippen LogP contribution is 2.43. The lowest BCUT2D eigenvalue weighted by atomic mass is 9.86. The fourth-order valence-corrected chi connectivity index (χ4v) is 6.13. The van der Waals surface area contributed by atoms with E-state index in [4.69, 9.17) is 0 Å². The minimum absolute atomic E-state index is 1.15. The zero-order valence-electron chi connectivity index (χ0n) is 22.0. The third kappa shape index (κ3) is 3.76. The summed E-state index contributed by atoms with van der Waals surface area (Å²) in [6.07, 6.45) is 6.18. The van der Waals surface area contributed by atoms with Gasteiger partial charge in [-0.3, -0.25) is 0 Å². The largest absolute Gasteiger partial charge is 0.0984 e. The maximum absolute atomic E-state index is 4.02. The Morgan fingerprint density at radius 3 is 1.74 bits per heavy atom. The molecule has 0 radical (unpaired) electrons. The van der Waals surface area contributed by atoms with Gasteiger partial charge in [0, 0.05) is 0 Å². The Bertz CT molecular complexity index is 2080. The average molecular weight is 497 g/mol. The van der Waals surface area contributed by atoms with Crippen LogP contribution in [-0.4, -0.2) is 0 Å². The average Bonchev–Trinajstić information content (AvgIpc) is 3.00. The van der Waals surface area contributed by atoms with Crippen LogP contribution in [0.25, 0.3) is 77.5 Å².